The Labute approximate surface area is 604 Å². The zero-order valence-corrected chi connectivity index (χ0v) is 59.8. The predicted molar refractivity (Wildman–Crippen MR) is 405 cm³/mol. The van der Waals surface area contributed by atoms with E-state index in [9.17, 15) is 24.3 Å². The Hall–Kier alpha value is -8.54. The number of hydrogen-bond acceptors (Lipinski definition) is 12. The van der Waals surface area contributed by atoms with Crippen molar-refractivity contribution in [3.63, 3.8) is 0 Å². The molecule has 0 saturated carbocycles. The maximum Gasteiger partial charge on any atom is 0.243 e. The Kier molecular flexibility index (Phi) is 29.5. The molecule has 0 spiro atoms. The Bertz CT molecular complexity index is 3700. The van der Waals surface area contributed by atoms with Crippen LogP contribution < -0.4 is 25.4 Å². The van der Waals surface area contributed by atoms with Gasteiger partial charge in [-0.15, -0.1) is 0 Å². The molecule has 16 heteroatoms. The van der Waals surface area contributed by atoms with Gasteiger partial charge in [0, 0.05) is 54.9 Å². The van der Waals surface area contributed by atoms with E-state index in [0.717, 1.165) is 195 Å². The van der Waals surface area contributed by atoms with Gasteiger partial charge < -0.3 is 45.1 Å². The lowest BCUT2D eigenvalue weighted by Gasteiger charge is -2.42. The van der Waals surface area contributed by atoms with Crippen molar-refractivity contribution in [2.24, 2.45) is 0 Å². The molecule has 8 aromatic rings. The van der Waals surface area contributed by atoms with Crippen LogP contribution in [0, 0.1) is 0 Å². The van der Waals surface area contributed by atoms with E-state index < -0.39 is 12.1 Å². The summed E-state index contributed by atoms with van der Waals surface area (Å²) in [6.07, 6.45) is 25.9. The number of nitrogens with zero attached hydrogens (tertiary/aromatic N) is 5. The van der Waals surface area contributed by atoms with Crippen LogP contribution in [0.5, 0.6) is 11.5 Å². The van der Waals surface area contributed by atoms with Gasteiger partial charge in [-0.05, 0) is 225 Å². The number of amides is 4. The van der Waals surface area contributed by atoms with Crippen molar-refractivity contribution >= 4 is 45.4 Å². The lowest BCUT2D eigenvalue weighted by atomic mass is 9.95. The molecule has 0 aliphatic carbocycles. The molecule has 16 nitrogen and oxygen atoms in total. The highest BCUT2D eigenvalue weighted by atomic mass is 16.6. The second-order valence-corrected chi connectivity index (χ2v) is 28.4. The van der Waals surface area contributed by atoms with E-state index >= 15 is 0 Å². The van der Waals surface area contributed by atoms with E-state index in [4.69, 9.17) is 14.2 Å². The van der Waals surface area contributed by atoms with Gasteiger partial charge in [-0.1, -0.05) is 146 Å². The number of pyridine rings is 2. The lowest BCUT2D eigenvalue weighted by molar-refractivity contribution is -0.148. The van der Waals surface area contributed by atoms with Crippen molar-refractivity contribution in [2.75, 3.05) is 52.5 Å². The highest BCUT2D eigenvalue weighted by Gasteiger charge is 2.40. The summed E-state index contributed by atoms with van der Waals surface area (Å²) in [4.78, 5) is 69.7. The fourth-order valence-electron chi connectivity index (χ4n) is 15.1. The summed E-state index contributed by atoms with van der Waals surface area (Å²) < 4.78 is 16.8. The van der Waals surface area contributed by atoms with Crippen molar-refractivity contribution in [3.05, 3.63) is 217 Å². The first-order valence-electron chi connectivity index (χ1n) is 38.3. The van der Waals surface area contributed by atoms with Crippen molar-refractivity contribution < 1.29 is 38.5 Å². The summed E-state index contributed by atoms with van der Waals surface area (Å²) in [7, 11) is 0. The van der Waals surface area contributed by atoms with Crippen LogP contribution in [0.3, 0.4) is 0 Å². The van der Waals surface area contributed by atoms with Crippen LogP contribution in [0.25, 0.3) is 21.8 Å². The topological polar surface area (TPSA) is 191 Å². The number of epoxide rings is 1. The average Bonchev–Trinajstić information content (AvgIpc) is 0.863. The number of aliphatic hydroxyl groups excluding tert-OH is 1. The van der Waals surface area contributed by atoms with Gasteiger partial charge in [-0.2, -0.15) is 0 Å². The fraction of sp³-hybridized carbons (Fsp3) is 0.465. The van der Waals surface area contributed by atoms with E-state index in [2.05, 4.69) is 140 Å². The number of aryl methyl sites for hydroxylation is 4. The van der Waals surface area contributed by atoms with Crippen molar-refractivity contribution in [2.45, 2.75) is 203 Å². The van der Waals surface area contributed by atoms with Crippen LogP contribution in [0.4, 0.5) is 0 Å². The number of β-amino-alcohol motifs (C(OH)–C–C–N with tert-alkyl or cyclic N) is 1. The second kappa shape index (κ2) is 40.3. The number of carbonyl (C=O) groups is 4. The van der Waals surface area contributed by atoms with E-state index in [1.165, 1.54) is 22.3 Å². The van der Waals surface area contributed by atoms with Crippen LogP contribution in [0.2, 0.25) is 0 Å². The highest BCUT2D eigenvalue weighted by Crippen LogP contribution is 2.30. The summed E-state index contributed by atoms with van der Waals surface area (Å²) in [5.41, 5.74) is 7.13. The molecule has 0 radical (unpaired) electrons. The third kappa shape index (κ3) is 23.2. The largest absolute Gasteiger partial charge is 0.490 e. The molecular weight excluding hydrogens is 1270 g/mol. The molecule has 5 saturated heterocycles. The van der Waals surface area contributed by atoms with Gasteiger partial charge in [0.15, 0.2) is 0 Å². The number of carbonyl (C=O) groups excluding carboxylic acids is 4. The SMILES string of the molecule is O=C(NC(CCCc1ccccc1)CCCc1ccccc1)C1CCCCN1C(=O)C1CCCCN1.O=C(NC(CCCc1ccccc1)CCCc1ccccc1)C1CCCCN1C(=O)C1CCCCN1C[C@@H](O)COc1cccc2ncccc12.c1cc(OC[C@@H]2CO2)c2cccnc2c1. The number of nitrogens with one attached hydrogen (secondary N) is 3. The molecule has 4 unspecified atom stereocenters. The van der Waals surface area contributed by atoms with E-state index in [0.29, 0.717) is 38.4 Å². The number of aromatic nitrogens is 2. The van der Waals surface area contributed by atoms with Gasteiger partial charge in [0.05, 0.1) is 29.7 Å². The molecule has 4 N–H and O–H groups in total. The maximum atomic E-state index is 14.3. The van der Waals surface area contributed by atoms with Crippen molar-refractivity contribution in [3.8, 4) is 11.5 Å². The molecule has 6 aromatic carbocycles. The number of fused-ring (bicyclic) bond motifs is 2. The Balaban J connectivity index is 0.000000176. The van der Waals surface area contributed by atoms with Gasteiger partial charge >= 0.3 is 0 Å². The number of ether oxygens (including phenoxy) is 3. The first-order valence-corrected chi connectivity index (χ1v) is 38.3. The highest BCUT2D eigenvalue weighted by molar-refractivity contribution is 5.91. The maximum absolute atomic E-state index is 14.3. The van der Waals surface area contributed by atoms with Crippen LogP contribution in [-0.4, -0.2) is 154 Å². The zero-order chi connectivity index (χ0) is 70.3. The van der Waals surface area contributed by atoms with Gasteiger partial charge in [0.25, 0.3) is 0 Å². The number of likely N-dealkylation sites (tertiary alicyclic amines) is 3. The average molecular weight is 1380 g/mol. The third-order valence-electron chi connectivity index (χ3n) is 20.7. The monoisotopic (exact) mass is 1380 g/mol. The molecule has 4 amide bonds. The third-order valence-corrected chi connectivity index (χ3v) is 20.7. The zero-order valence-electron chi connectivity index (χ0n) is 59.8. The van der Waals surface area contributed by atoms with Crippen molar-refractivity contribution in [1.82, 2.24) is 40.6 Å². The van der Waals surface area contributed by atoms with E-state index in [1.807, 2.05) is 82.6 Å². The Morgan fingerprint density at radius 2 is 0.912 bits per heavy atom. The molecule has 5 aliphatic rings. The summed E-state index contributed by atoms with van der Waals surface area (Å²) in [5, 5.41) is 23.3. The number of piperidine rings is 4. The quantitative estimate of drug-likeness (QED) is 0.0312. The summed E-state index contributed by atoms with van der Waals surface area (Å²) in [6, 6.07) is 60.5. The molecule has 6 atom stereocenters. The second-order valence-electron chi connectivity index (χ2n) is 28.4. The van der Waals surface area contributed by atoms with Crippen LogP contribution >= 0.6 is 0 Å². The molecule has 5 fully saturated rings. The van der Waals surface area contributed by atoms with E-state index in [-0.39, 0.29) is 66.5 Å². The van der Waals surface area contributed by atoms with Crippen molar-refractivity contribution in [1.29, 1.82) is 0 Å². The van der Waals surface area contributed by atoms with Gasteiger partial charge in [-0.25, -0.2) is 0 Å². The minimum absolute atomic E-state index is 0.0205. The number of hydrogen-bond donors (Lipinski definition) is 4. The standard InChI is InChI=1S/C43H54N4O4.C31H43N3O2.C12H11NO2/c48-36(32-51-41-27-13-24-38-37(41)23-14-28-44-38)31-46-29-9-7-26-40(46)43(50)47-30-10-8-25-39(47)42(49)45-35(21-11-19-33-15-3-1-4-16-33)22-12-20-34-17-5-2-6-18-34;35-30(29-22-8-10-24-34(29)31(36)28-21-7-9-23-32-28)33-27(19-11-17-25-13-3-1-4-14-25)20-12-18-26-15-5-2-6-16-26;1-4-11-10(3-2-6-13-11)12(5-1)15-8-9-7-14-9/h1-6,13-18,23-24,27-28,35-36,39-40,48H,7-12,19-22,25-26,29-32H2,(H,45,49);1-6,13-16,27-29,32H,7-12,17-24H2,(H,33,35);1-6,9H,7-8H2/t36-,39?,40?;;9-/m1.0/s1. The molecule has 102 heavy (non-hydrogen) atoms. The minimum Gasteiger partial charge on any atom is -0.490 e. The molecular formula is C86H108N8O8. The summed E-state index contributed by atoms with van der Waals surface area (Å²) in [5.74, 6) is 1.74. The lowest BCUT2D eigenvalue weighted by Crippen LogP contribution is -2.59. The normalized spacial score (nSPS) is 19.4. The van der Waals surface area contributed by atoms with Crippen LogP contribution in [-0.2, 0) is 49.6 Å². The number of rotatable bonds is 30. The molecule has 0 bridgehead atoms. The summed E-state index contributed by atoms with van der Waals surface area (Å²) >= 11 is 0. The summed E-state index contributed by atoms with van der Waals surface area (Å²) in [6.45, 7) is 4.84. The first kappa shape index (κ1) is 74.6. The Morgan fingerprint density at radius 1 is 0.480 bits per heavy atom. The number of aliphatic hydroxyl groups is 1. The molecule has 13 rings (SSSR count). The fourth-order valence-corrected chi connectivity index (χ4v) is 15.1. The minimum atomic E-state index is -0.765. The smallest absolute Gasteiger partial charge is 0.243 e. The molecule has 5 aliphatic heterocycles. The molecule has 540 valence electrons. The molecule has 2 aromatic heterocycles. The Morgan fingerprint density at radius 3 is 1.36 bits per heavy atom. The van der Waals surface area contributed by atoms with Gasteiger partial charge in [0.2, 0.25) is 23.6 Å². The first-order chi connectivity index (χ1) is 50.2. The van der Waals surface area contributed by atoms with E-state index in [1.54, 1.807) is 12.4 Å². The predicted octanol–water partition coefficient (Wildman–Crippen LogP) is 13.8. The van der Waals surface area contributed by atoms with Crippen LogP contribution in [0.15, 0.2) is 194 Å². The van der Waals surface area contributed by atoms with Crippen LogP contribution in [0.1, 0.15) is 151 Å². The molecule has 7 heterocycles. The number of benzene rings is 6. The van der Waals surface area contributed by atoms with Gasteiger partial charge in [0.1, 0.15) is 49.0 Å². The van der Waals surface area contributed by atoms with Gasteiger partial charge in [-0.3, -0.25) is 34.0 Å².